The van der Waals surface area contributed by atoms with Crippen LogP contribution in [0.25, 0.3) is 0 Å². The zero-order valence-electron chi connectivity index (χ0n) is 9.79. The zero-order valence-corrected chi connectivity index (χ0v) is 13.0. The second-order valence-corrected chi connectivity index (χ2v) is 7.31. The van der Waals surface area contributed by atoms with E-state index in [0.717, 1.165) is 36.8 Å². The van der Waals surface area contributed by atoms with Gasteiger partial charge in [0, 0.05) is 31.6 Å². The number of hydrogen-bond donors (Lipinski definition) is 0. The number of hydrogen-bond acceptors (Lipinski definition) is 2. The molecule has 92 valence electrons. The predicted octanol–water partition coefficient (Wildman–Crippen LogP) is 3.99. The van der Waals surface area contributed by atoms with Gasteiger partial charge in [0.2, 0.25) is 0 Å². The van der Waals surface area contributed by atoms with Gasteiger partial charge in [0.15, 0.2) is 0 Å². The number of halogens is 2. The van der Waals surface area contributed by atoms with E-state index in [1.807, 2.05) is 12.2 Å². The van der Waals surface area contributed by atoms with Gasteiger partial charge < -0.3 is 0 Å². The summed E-state index contributed by atoms with van der Waals surface area (Å²) in [6, 6.07) is 4.77. The molecule has 1 saturated carbocycles. The summed E-state index contributed by atoms with van der Waals surface area (Å²) < 4.78 is 0. The van der Waals surface area contributed by atoms with E-state index in [9.17, 15) is 10.5 Å². The van der Waals surface area contributed by atoms with Crippen LogP contribution in [0.4, 0.5) is 0 Å². The first-order valence-electron chi connectivity index (χ1n) is 6.16. The molecule has 18 heavy (non-hydrogen) atoms. The molecule has 4 atom stereocenters. The average molecular weight is 368 g/mol. The Morgan fingerprint density at radius 2 is 1.33 bits per heavy atom. The largest absolute Gasteiger partial charge is 0.193 e. The molecule has 0 saturated heterocycles. The Morgan fingerprint density at radius 1 is 0.944 bits per heavy atom. The van der Waals surface area contributed by atoms with Crippen LogP contribution in [0.5, 0.6) is 0 Å². The highest BCUT2D eigenvalue weighted by atomic mass is 79.9. The van der Waals surface area contributed by atoms with Crippen molar-refractivity contribution in [2.45, 2.75) is 35.3 Å². The summed E-state index contributed by atoms with van der Waals surface area (Å²) in [7, 11) is 0. The van der Waals surface area contributed by atoms with Crippen LogP contribution in [0.15, 0.2) is 23.3 Å². The summed E-state index contributed by atoms with van der Waals surface area (Å²) in [5, 5.41) is 18.9. The normalized spacial score (nSPS) is 45.3. The molecule has 3 aliphatic carbocycles. The number of allylic oxidation sites excluding steroid dienone is 4. The summed E-state index contributed by atoms with van der Waals surface area (Å²) in [6.45, 7) is 0. The van der Waals surface area contributed by atoms with Crippen LogP contribution in [0.1, 0.15) is 25.7 Å². The third kappa shape index (κ3) is 1.12. The summed E-state index contributed by atoms with van der Waals surface area (Å²) in [4.78, 5) is 0.210. The summed E-state index contributed by atoms with van der Waals surface area (Å²) in [5.74, 6) is 0. The van der Waals surface area contributed by atoms with Gasteiger partial charge in [-0.25, -0.2) is 0 Å². The second-order valence-electron chi connectivity index (χ2n) is 5.34. The van der Waals surface area contributed by atoms with Crippen LogP contribution in [-0.2, 0) is 0 Å². The monoisotopic (exact) mass is 366 g/mol. The van der Waals surface area contributed by atoms with Gasteiger partial charge in [-0.15, -0.1) is 0 Å². The van der Waals surface area contributed by atoms with E-state index < -0.39 is 0 Å². The van der Waals surface area contributed by atoms with Gasteiger partial charge in [-0.3, -0.25) is 0 Å². The highest BCUT2D eigenvalue weighted by Crippen LogP contribution is 2.71. The minimum absolute atomic E-state index is 0.105. The van der Waals surface area contributed by atoms with E-state index in [-0.39, 0.29) is 20.5 Å². The van der Waals surface area contributed by atoms with Gasteiger partial charge in [0.05, 0.1) is 12.1 Å². The molecule has 0 N–H and O–H groups in total. The Morgan fingerprint density at radius 3 is 1.67 bits per heavy atom. The van der Waals surface area contributed by atoms with Gasteiger partial charge in [0.25, 0.3) is 0 Å². The van der Waals surface area contributed by atoms with E-state index in [2.05, 4.69) is 44.0 Å². The maximum absolute atomic E-state index is 9.47. The molecule has 3 aliphatic rings. The van der Waals surface area contributed by atoms with Crippen molar-refractivity contribution < 1.29 is 0 Å². The quantitative estimate of drug-likeness (QED) is 0.608. The Balaban J connectivity index is 2.26. The molecule has 1 fully saturated rings. The molecule has 0 heterocycles. The second kappa shape index (κ2) is 3.95. The third-order valence-corrected chi connectivity index (χ3v) is 7.05. The van der Waals surface area contributed by atoms with Crippen LogP contribution in [0, 0.1) is 33.5 Å². The zero-order chi connectivity index (χ0) is 13.0. The van der Waals surface area contributed by atoms with Gasteiger partial charge in [0.1, 0.15) is 0 Å². The van der Waals surface area contributed by atoms with Gasteiger partial charge >= 0.3 is 0 Å². The molecular formula is C14H12Br2N2. The van der Waals surface area contributed by atoms with Crippen LogP contribution in [0.2, 0.25) is 0 Å². The maximum Gasteiger partial charge on any atom is 0.0951 e. The minimum atomic E-state index is -0.195. The molecule has 0 spiro atoms. The topological polar surface area (TPSA) is 47.6 Å². The van der Waals surface area contributed by atoms with E-state index in [1.54, 1.807) is 0 Å². The highest BCUT2D eigenvalue weighted by molar-refractivity contribution is 9.10. The number of rotatable bonds is 0. The fourth-order valence-corrected chi connectivity index (χ4v) is 6.51. The number of nitrogens with zero attached hydrogens (tertiary/aromatic N) is 2. The van der Waals surface area contributed by atoms with E-state index in [1.165, 1.54) is 0 Å². The molecule has 4 heteroatoms. The average Bonchev–Trinajstić information content (AvgIpc) is 2.81. The van der Waals surface area contributed by atoms with Gasteiger partial charge in [-0.1, -0.05) is 56.9 Å². The third-order valence-electron chi connectivity index (χ3n) is 4.96. The minimum Gasteiger partial charge on any atom is -0.193 e. The first-order chi connectivity index (χ1) is 8.63. The SMILES string of the molecule is N#CC1=C[C@H](Br)[C@]23CCCC[C@]12[C@H](Br)C=C3C#N. The summed E-state index contributed by atoms with van der Waals surface area (Å²) in [6.07, 6.45) is 8.32. The summed E-state index contributed by atoms with van der Waals surface area (Å²) >= 11 is 7.44. The van der Waals surface area contributed by atoms with Crippen LogP contribution < -0.4 is 0 Å². The van der Waals surface area contributed by atoms with Crippen molar-refractivity contribution in [3.05, 3.63) is 23.3 Å². The van der Waals surface area contributed by atoms with Crippen molar-refractivity contribution in [1.82, 2.24) is 0 Å². The van der Waals surface area contributed by atoms with Gasteiger partial charge in [-0.2, -0.15) is 10.5 Å². The van der Waals surface area contributed by atoms with E-state index in [0.29, 0.717) is 0 Å². The first-order valence-corrected chi connectivity index (χ1v) is 7.99. The first kappa shape index (κ1) is 12.5. The van der Waals surface area contributed by atoms with Crippen LogP contribution in [-0.4, -0.2) is 9.65 Å². The standard InChI is InChI=1S/C14H12Br2N2/c15-11-6-10(8-18)14-4-2-1-3-13(11,14)9(7-17)5-12(14)16/h5-6,11-12H,1-4H2/t11-,12+,13-,14-/m1/s1. The molecule has 0 bridgehead atoms. The predicted molar refractivity (Wildman–Crippen MR) is 76.2 cm³/mol. The molecule has 0 aromatic carbocycles. The fourth-order valence-electron chi connectivity index (χ4n) is 4.22. The van der Waals surface area contributed by atoms with E-state index >= 15 is 0 Å². The van der Waals surface area contributed by atoms with Gasteiger partial charge in [-0.05, 0) is 12.8 Å². The lowest BCUT2D eigenvalue weighted by Crippen LogP contribution is -2.48. The molecular weight excluding hydrogens is 356 g/mol. The maximum atomic E-state index is 9.47. The fraction of sp³-hybridized carbons (Fsp3) is 0.571. The Kier molecular flexibility index (Phi) is 2.74. The van der Waals surface area contributed by atoms with Crippen molar-refractivity contribution in [2.75, 3.05) is 0 Å². The smallest absolute Gasteiger partial charge is 0.0951 e. The molecule has 0 amide bonds. The number of nitriles is 2. The Labute approximate surface area is 124 Å². The lowest BCUT2D eigenvalue weighted by molar-refractivity contribution is 0.110. The van der Waals surface area contributed by atoms with Crippen molar-refractivity contribution in [3.8, 4) is 12.1 Å². The number of alkyl halides is 2. The van der Waals surface area contributed by atoms with E-state index in [4.69, 9.17) is 0 Å². The lowest BCUT2D eigenvalue weighted by atomic mass is 9.55. The molecule has 0 aromatic rings. The summed E-state index contributed by atoms with van der Waals surface area (Å²) in [5.41, 5.74) is 1.32. The molecule has 0 radical (unpaired) electrons. The van der Waals surface area contributed by atoms with Crippen molar-refractivity contribution in [1.29, 1.82) is 10.5 Å². The molecule has 2 nitrogen and oxygen atoms in total. The molecule has 0 aromatic heterocycles. The molecule has 0 aliphatic heterocycles. The van der Waals surface area contributed by atoms with Crippen molar-refractivity contribution >= 4 is 31.9 Å². The van der Waals surface area contributed by atoms with Crippen LogP contribution in [0.3, 0.4) is 0 Å². The Hall–Kier alpha value is -0.580. The molecule has 3 rings (SSSR count). The lowest BCUT2D eigenvalue weighted by Gasteiger charge is -2.49. The van der Waals surface area contributed by atoms with Crippen molar-refractivity contribution in [2.24, 2.45) is 10.8 Å². The van der Waals surface area contributed by atoms with Crippen LogP contribution >= 0.6 is 31.9 Å². The highest BCUT2D eigenvalue weighted by Gasteiger charge is 2.68. The molecule has 0 unspecified atom stereocenters. The Bertz CT molecular complexity index is 501. The van der Waals surface area contributed by atoms with Crippen molar-refractivity contribution in [3.63, 3.8) is 0 Å².